The van der Waals surface area contributed by atoms with E-state index >= 15 is 0 Å². The Morgan fingerprint density at radius 1 is 1.50 bits per heavy atom. The summed E-state index contributed by atoms with van der Waals surface area (Å²) >= 11 is 0. The molecule has 1 unspecified atom stereocenters. The number of hydrogen-bond acceptors (Lipinski definition) is 2. The molecule has 0 aromatic carbocycles. The molecule has 0 saturated carbocycles. The molecule has 1 atom stereocenters. The molecule has 2 heteroatoms. The van der Waals surface area contributed by atoms with Crippen LogP contribution in [0.25, 0.3) is 0 Å². The minimum absolute atomic E-state index is 0.148. The highest BCUT2D eigenvalue weighted by atomic mass is 16.5. The molecule has 80 valence electrons. The molecule has 0 fully saturated rings. The van der Waals surface area contributed by atoms with Crippen molar-refractivity contribution in [2.75, 3.05) is 7.11 Å². The molecule has 0 rings (SSSR count). The summed E-state index contributed by atoms with van der Waals surface area (Å²) in [6.45, 7) is 7.78. The third-order valence-corrected chi connectivity index (χ3v) is 2.06. The molecule has 0 spiro atoms. The second-order valence-electron chi connectivity index (χ2n) is 3.58. The molecule has 0 radical (unpaired) electrons. The lowest BCUT2D eigenvalue weighted by Gasteiger charge is -2.08. The lowest BCUT2D eigenvalue weighted by atomic mass is 10.0. The molecule has 2 nitrogen and oxygen atoms in total. The van der Waals surface area contributed by atoms with Crippen LogP contribution < -0.4 is 0 Å². The maximum Gasteiger partial charge on any atom is 0.312 e. The lowest BCUT2D eigenvalue weighted by molar-refractivity contribution is -0.143. The van der Waals surface area contributed by atoms with Crippen molar-refractivity contribution in [3.05, 3.63) is 24.3 Å². The van der Waals surface area contributed by atoms with Crippen LogP contribution >= 0.6 is 0 Å². The summed E-state index contributed by atoms with van der Waals surface area (Å²) in [6, 6.07) is 0. The van der Waals surface area contributed by atoms with E-state index in [1.807, 2.05) is 0 Å². The van der Waals surface area contributed by atoms with E-state index in [4.69, 9.17) is 0 Å². The predicted molar refractivity (Wildman–Crippen MR) is 59.0 cm³/mol. The van der Waals surface area contributed by atoms with Crippen molar-refractivity contribution in [3.63, 3.8) is 0 Å². The molecular formula is C12H20O2. The fraction of sp³-hybridized carbons (Fsp3) is 0.583. The van der Waals surface area contributed by atoms with Crippen molar-refractivity contribution in [2.45, 2.75) is 33.1 Å². The van der Waals surface area contributed by atoms with E-state index in [9.17, 15) is 4.79 Å². The molecule has 0 aliphatic rings. The van der Waals surface area contributed by atoms with Gasteiger partial charge in [0, 0.05) is 0 Å². The molecule has 0 bridgehead atoms. The SMILES string of the molecule is C=CC(CCCC=C(C)C)C(=O)OC. The van der Waals surface area contributed by atoms with Crippen molar-refractivity contribution in [2.24, 2.45) is 5.92 Å². The summed E-state index contributed by atoms with van der Waals surface area (Å²) in [7, 11) is 1.41. The van der Waals surface area contributed by atoms with Crippen LogP contribution in [0.3, 0.4) is 0 Å². The van der Waals surface area contributed by atoms with Gasteiger partial charge in [0.1, 0.15) is 0 Å². The number of carbonyl (C=O) groups excluding carboxylic acids is 1. The largest absolute Gasteiger partial charge is 0.469 e. The third-order valence-electron chi connectivity index (χ3n) is 2.06. The zero-order valence-corrected chi connectivity index (χ0v) is 9.38. The first-order valence-electron chi connectivity index (χ1n) is 4.95. The number of esters is 1. The van der Waals surface area contributed by atoms with Gasteiger partial charge >= 0.3 is 5.97 Å². The smallest absolute Gasteiger partial charge is 0.312 e. The van der Waals surface area contributed by atoms with E-state index in [2.05, 4.69) is 31.2 Å². The van der Waals surface area contributed by atoms with Crippen LogP contribution in [0, 0.1) is 5.92 Å². The molecule has 14 heavy (non-hydrogen) atoms. The minimum atomic E-state index is -0.183. The summed E-state index contributed by atoms with van der Waals surface area (Å²) in [5, 5.41) is 0. The van der Waals surface area contributed by atoms with E-state index in [0.717, 1.165) is 19.3 Å². The summed E-state index contributed by atoms with van der Waals surface area (Å²) in [4.78, 5) is 11.2. The predicted octanol–water partition coefficient (Wildman–Crippen LogP) is 3.10. The summed E-state index contributed by atoms with van der Waals surface area (Å²) in [6.07, 6.45) is 6.67. The maximum absolute atomic E-state index is 11.2. The van der Waals surface area contributed by atoms with Gasteiger partial charge in [-0.25, -0.2) is 0 Å². The fourth-order valence-electron chi connectivity index (χ4n) is 1.21. The highest BCUT2D eigenvalue weighted by Gasteiger charge is 2.13. The highest BCUT2D eigenvalue weighted by molar-refractivity contribution is 5.74. The van der Waals surface area contributed by atoms with Gasteiger partial charge in [0.05, 0.1) is 13.0 Å². The number of ether oxygens (including phenoxy) is 1. The number of rotatable bonds is 6. The van der Waals surface area contributed by atoms with Crippen LogP contribution in [0.2, 0.25) is 0 Å². The van der Waals surface area contributed by atoms with Crippen LogP contribution in [-0.4, -0.2) is 13.1 Å². The first-order valence-corrected chi connectivity index (χ1v) is 4.95. The molecule has 0 aliphatic carbocycles. The van der Waals surface area contributed by atoms with Crippen molar-refractivity contribution in [1.29, 1.82) is 0 Å². The molecule has 0 aromatic heterocycles. The van der Waals surface area contributed by atoms with Crippen molar-refractivity contribution >= 4 is 5.97 Å². The second-order valence-corrected chi connectivity index (χ2v) is 3.58. The summed E-state index contributed by atoms with van der Waals surface area (Å²) in [5.41, 5.74) is 1.32. The van der Waals surface area contributed by atoms with Crippen LogP contribution in [0.1, 0.15) is 33.1 Å². The molecule has 0 N–H and O–H groups in total. The Labute approximate surface area is 86.6 Å². The number of carbonyl (C=O) groups is 1. The topological polar surface area (TPSA) is 26.3 Å². The average Bonchev–Trinajstić information content (AvgIpc) is 2.16. The minimum Gasteiger partial charge on any atom is -0.469 e. The zero-order chi connectivity index (χ0) is 11.0. The average molecular weight is 196 g/mol. The number of methoxy groups -OCH3 is 1. The number of hydrogen-bond donors (Lipinski definition) is 0. The quantitative estimate of drug-likeness (QED) is 0.370. The van der Waals surface area contributed by atoms with Gasteiger partial charge < -0.3 is 4.74 Å². The Kier molecular flexibility index (Phi) is 6.81. The van der Waals surface area contributed by atoms with E-state index in [0.29, 0.717) is 0 Å². The summed E-state index contributed by atoms with van der Waals surface area (Å²) in [5.74, 6) is -0.331. The Morgan fingerprint density at radius 2 is 2.14 bits per heavy atom. The van der Waals surface area contributed by atoms with Crippen molar-refractivity contribution < 1.29 is 9.53 Å². The lowest BCUT2D eigenvalue weighted by Crippen LogP contribution is -2.13. The van der Waals surface area contributed by atoms with Gasteiger partial charge in [-0.3, -0.25) is 4.79 Å². The van der Waals surface area contributed by atoms with Crippen LogP contribution in [-0.2, 0) is 9.53 Å². The first-order chi connectivity index (χ1) is 6.61. The molecule has 0 aromatic rings. The summed E-state index contributed by atoms with van der Waals surface area (Å²) < 4.78 is 4.66. The Balaban J connectivity index is 3.79. The van der Waals surface area contributed by atoms with Crippen LogP contribution in [0.5, 0.6) is 0 Å². The van der Waals surface area contributed by atoms with Gasteiger partial charge in [-0.05, 0) is 33.1 Å². The standard InChI is InChI=1S/C12H20O2/c1-5-11(12(13)14-4)9-7-6-8-10(2)3/h5,8,11H,1,6-7,9H2,2-4H3. The van der Waals surface area contributed by atoms with Crippen LogP contribution in [0.4, 0.5) is 0 Å². The number of unbranched alkanes of at least 4 members (excludes halogenated alkanes) is 1. The van der Waals surface area contributed by atoms with Gasteiger partial charge in [0.25, 0.3) is 0 Å². The Morgan fingerprint density at radius 3 is 2.57 bits per heavy atom. The fourth-order valence-corrected chi connectivity index (χ4v) is 1.21. The first kappa shape index (κ1) is 12.9. The van der Waals surface area contributed by atoms with Gasteiger partial charge in [0.2, 0.25) is 0 Å². The Bertz CT molecular complexity index is 212. The van der Waals surface area contributed by atoms with E-state index < -0.39 is 0 Å². The maximum atomic E-state index is 11.2. The monoisotopic (exact) mass is 196 g/mol. The van der Waals surface area contributed by atoms with Gasteiger partial charge in [0.15, 0.2) is 0 Å². The van der Waals surface area contributed by atoms with Gasteiger partial charge in [-0.1, -0.05) is 17.7 Å². The molecule has 0 saturated heterocycles. The second kappa shape index (κ2) is 7.36. The normalized spacial score (nSPS) is 11.6. The van der Waals surface area contributed by atoms with E-state index in [-0.39, 0.29) is 11.9 Å². The van der Waals surface area contributed by atoms with Crippen molar-refractivity contribution in [3.8, 4) is 0 Å². The number of allylic oxidation sites excluding steroid dienone is 2. The molecular weight excluding hydrogens is 176 g/mol. The molecule has 0 aliphatic heterocycles. The zero-order valence-electron chi connectivity index (χ0n) is 9.38. The highest BCUT2D eigenvalue weighted by Crippen LogP contribution is 2.12. The van der Waals surface area contributed by atoms with E-state index in [1.165, 1.54) is 12.7 Å². The molecule has 0 amide bonds. The van der Waals surface area contributed by atoms with E-state index in [1.54, 1.807) is 6.08 Å². The van der Waals surface area contributed by atoms with Gasteiger partial charge in [-0.2, -0.15) is 0 Å². The Hall–Kier alpha value is -1.05. The van der Waals surface area contributed by atoms with Crippen molar-refractivity contribution in [1.82, 2.24) is 0 Å². The third kappa shape index (κ3) is 5.57. The van der Waals surface area contributed by atoms with Gasteiger partial charge in [-0.15, -0.1) is 6.58 Å². The molecule has 0 heterocycles. The van der Waals surface area contributed by atoms with Crippen LogP contribution in [0.15, 0.2) is 24.3 Å².